The Kier molecular flexibility index (Phi) is 3.59. The minimum absolute atomic E-state index is 0.0112. The van der Waals surface area contributed by atoms with Crippen molar-refractivity contribution in [2.45, 2.75) is 26.7 Å². The molecular formula is C13H19N3O3. The molecule has 1 atom stereocenters. The van der Waals surface area contributed by atoms with Gasteiger partial charge in [-0.1, -0.05) is 0 Å². The third-order valence-electron chi connectivity index (χ3n) is 3.88. The lowest BCUT2D eigenvalue weighted by molar-refractivity contribution is -0.141. The zero-order valence-electron chi connectivity index (χ0n) is 11.5. The third-order valence-corrected chi connectivity index (χ3v) is 3.88. The molecule has 1 saturated heterocycles. The van der Waals surface area contributed by atoms with E-state index in [0.717, 1.165) is 17.0 Å². The summed E-state index contributed by atoms with van der Waals surface area (Å²) in [5.74, 6) is -1.24. The van der Waals surface area contributed by atoms with Crippen molar-refractivity contribution in [3.05, 3.63) is 17.0 Å². The Morgan fingerprint density at radius 1 is 1.42 bits per heavy atom. The number of hydrogen-bond donors (Lipinski definition) is 1. The van der Waals surface area contributed by atoms with Crippen LogP contribution in [0.2, 0.25) is 0 Å². The molecule has 0 aliphatic carbocycles. The molecule has 1 aliphatic heterocycles. The number of amides is 1. The van der Waals surface area contributed by atoms with Gasteiger partial charge in [-0.25, -0.2) is 0 Å². The molecule has 2 heterocycles. The summed E-state index contributed by atoms with van der Waals surface area (Å²) in [4.78, 5) is 24.7. The summed E-state index contributed by atoms with van der Waals surface area (Å²) >= 11 is 0. The van der Waals surface area contributed by atoms with E-state index in [-0.39, 0.29) is 5.91 Å². The van der Waals surface area contributed by atoms with E-state index in [1.165, 1.54) is 0 Å². The first-order valence-corrected chi connectivity index (χ1v) is 6.39. The Balaban J connectivity index is 2.04. The van der Waals surface area contributed by atoms with Crippen LogP contribution in [0.1, 0.15) is 23.4 Å². The maximum atomic E-state index is 12.2. The highest BCUT2D eigenvalue weighted by Gasteiger charge is 2.31. The van der Waals surface area contributed by atoms with Gasteiger partial charge in [-0.2, -0.15) is 5.10 Å². The summed E-state index contributed by atoms with van der Waals surface area (Å²) in [6.45, 7) is 4.69. The highest BCUT2D eigenvalue weighted by molar-refractivity contribution is 5.81. The predicted molar refractivity (Wildman–Crippen MR) is 68.7 cm³/mol. The largest absolute Gasteiger partial charge is 0.481 e. The number of hydrogen-bond acceptors (Lipinski definition) is 3. The van der Waals surface area contributed by atoms with Gasteiger partial charge in [0.2, 0.25) is 5.91 Å². The van der Waals surface area contributed by atoms with Gasteiger partial charge in [-0.15, -0.1) is 0 Å². The number of aromatic nitrogens is 2. The molecule has 1 amide bonds. The Hall–Kier alpha value is -1.85. The number of carbonyl (C=O) groups is 2. The van der Waals surface area contributed by atoms with Crippen LogP contribution in [0.4, 0.5) is 0 Å². The number of carboxylic acids is 1. The zero-order chi connectivity index (χ0) is 14.2. The number of carboxylic acid groups (broad SMARTS) is 1. The first kappa shape index (κ1) is 13.6. The van der Waals surface area contributed by atoms with Gasteiger partial charge in [0.25, 0.3) is 0 Å². The summed E-state index contributed by atoms with van der Waals surface area (Å²) < 4.78 is 1.77. The summed E-state index contributed by atoms with van der Waals surface area (Å²) in [6, 6.07) is 0. The average Bonchev–Trinajstić information content (AvgIpc) is 2.91. The van der Waals surface area contributed by atoms with Crippen LogP contribution in [0.25, 0.3) is 0 Å². The number of carbonyl (C=O) groups excluding carboxylic acids is 1. The quantitative estimate of drug-likeness (QED) is 0.864. The van der Waals surface area contributed by atoms with E-state index < -0.39 is 11.9 Å². The Morgan fingerprint density at radius 3 is 2.58 bits per heavy atom. The maximum absolute atomic E-state index is 12.2. The van der Waals surface area contributed by atoms with Crippen LogP contribution in [0.15, 0.2) is 0 Å². The van der Waals surface area contributed by atoms with Gasteiger partial charge < -0.3 is 10.0 Å². The lowest BCUT2D eigenvalue weighted by atomic mass is 10.1. The van der Waals surface area contributed by atoms with Crippen LogP contribution in [0.5, 0.6) is 0 Å². The molecule has 0 bridgehead atoms. The standard InChI is InChI=1S/C13H19N3O3/c1-8-11(9(2)15(3)14-8)6-12(17)16-5-4-10(7-16)13(18)19/h10H,4-7H2,1-3H3,(H,18,19)/t10-/m0/s1. The van der Waals surface area contributed by atoms with Crippen molar-refractivity contribution < 1.29 is 14.7 Å². The third kappa shape index (κ3) is 2.62. The molecule has 19 heavy (non-hydrogen) atoms. The number of aryl methyl sites for hydroxylation is 2. The van der Waals surface area contributed by atoms with Crippen LogP contribution in [0, 0.1) is 19.8 Å². The van der Waals surface area contributed by atoms with Crippen molar-refractivity contribution in [2.24, 2.45) is 13.0 Å². The van der Waals surface area contributed by atoms with Crippen molar-refractivity contribution in [1.29, 1.82) is 0 Å². The molecule has 6 heteroatoms. The van der Waals surface area contributed by atoms with E-state index in [1.54, 1.807) is 9.58 Å². The van der Waals surface area contributed by atoms with E-state index in [1.807, 2.05) is 20.9 Å². The van der Waals surface area contributed by atoms with Crippen molar-refractivity contribution >= 4 is 11.9 Å². The molecule has 0 saturated carbocycles. The van der Waals surface area contributed by atoms with Gasteiger partial charge in [0.15, 0.2) is 0 Å². The second-order valence-electron chi connectivity index (χ2n) is 5.11. The molecule has 2 rings (SSSR count). The fraction of sp³-hybridized carbons (Fsp3) is 0.615. The first-order chi connectivity index (χ1) is 8.90. The molecule has 1 aliphatic rings. The van der Waals surface area contributed by atoms with E-state index in [4.69, 9.17) is 5.11 Å². The molecule has 6 nitrogen and oxygen atoms in total. The van der Waals surface area contributed by atoms with E-state index in [2.05, 4.69) is 5.10 Å². The Labute approximate surface area is 112 Å². The number of likely N-dealkylation sites (tertiary alicyclic amines) is 1. The van der Waals surface area contributed by atoms with Gasteiger partial charge in [0.05, 0.1) is 18.0 Å². The molecule has 1 fully saturated rings. The number of nitrogens with zero attached hydrogens (tertiary/aromatic N) is 3. The Bertz CT molecular complexity index is 521. The molecular weight excluding hydrogens is 246 g/mol. The van der Waals surface area contributed by atoms with Crippen molar-refractivity contribution in [3.8, 4) is 0 Å². The van der Waals surface area contributed by atoms with Crippen LogP contribution >= 0.6 is 0 Å². The minimum Gasteiger partial charge on any atom is -0.481 e. The Morgan fingerprint density at radius 2 is 2.11 bits per heavy atom. The molecule has 1 aromatic rings. The van der Waals surface area contributed by atoms with Crippen LogP contribution in [0.3, 0.4) is 0 Å². The fourth-order valence-corrected chi connectivity index (χ4v) is 2.52. The topological polar surface area (TPSA) is 75.4 Å². The monoisotopic (exact) mass is 265 g/mol. The van der Waals surface area contributed by atoms with E-state index in [9.17, 15) is 9.59 Å². The maximum Gasteiger partial charge on any atom is 0.308 e. The highest BCUT2D eigenvalue weighted by atomic mass is 16.4. The average molecular weight is 265 g/mol. The van der Waals surface area contributed by atoms with Crippen LogP contribution in [-0.2, 0) is 23.1 Å². The molecule has 1 N–H and O–H groups in total. The summed E-state index contributed by atoms with van der Waals surface area (Å²) in [5, 5.41) is 13.2. The highest BCUT2D eigenvalue weighted by Crippen LogP contribution is 2.19. The normalized spacial score (nSPS) is 18.9. The van der Waals surface area contributed by atoms with Gasteiger partial charge in [-0.05, 0) is 20.3 Å². The van der Waals surface area contributed by atoms with Gasteiger partial charge in [0, 0.05) is 31.4 Å². The lowest BCUT2D eigenvalue weighted by Crippen LogP contribution is -2.31. The molecule has 0 aromatic carbocycles. The van der Waals surface area contributed by atoms with Crippen molar-refractivity contribution in [3.63, 3.8) is 0 Å². The van der Waals surface area contributed by atoms with Crippen LogP contribution in [-0.4, -0.2) is 44.8 Å². The molecule has 104 valence electrons. The number of aliphatic carboxylic acids is 1. The van der Waals surface area contributed by atoms with E-state index >= 15 is 0 Å². The summed E-state index contributed by atoms with van der Waals surface area (Å²) in [6.07, 6.45) is 0.851. The van der Waals surface area contributed by atoms with Gasteiger partial charge in [-0.3, -0.25) is 14.3 Å². The molecule has 0 unspecified atom stereocenters. The zero-order valence-corrected chi connectivity index (χ0v) is 11.5. The predicted octanol–water partition coefficient (Wildman–Crippen LogP) is 0.513. The summed E-state index contributed by atoms with van der Waals surface area (Å²) in [5.41, 5.74) is 2.80. The molecule has 0 radical (unpaired) electrons. The molecule has 0 spiro atoms. The second kappa shape index (κ2) is 5.03. The SMILES string of the molecule is Cc1nn(C)c(C)c1CC(=O)N1CC[C@H](C(=O)O)C1. The first-order valence-electron chi connectivity index (χ1n) is 6.39. The van der Waals surface area contributed by atoms with Crippen LogP contribution < -0.4 is 0 Å². The second-order valence-corrected chi connectivity index (χ2v) is 5.11. The number of rotatable bonds is 3. The van der Waals surface area contributed by atoms with Crippen molar-refractivity contribution in [2.75, 3.05) is 13.1 Å². The van der Waals surface area contributed by atoms with E-state index in [0.29, 0.717) is 25.9 Å². The summed E-state index contributed by atoms with van der Waals surface area (Å²) in [7, 11) is 1.85. The van der Waals surface area contributed by atoms with Gasteiger partial charge >= 0.3 is 5.97 Å². The minimum atomic E-state index is -0.816. The van der Waals surface area contributed by atoms with Crippen molar-refractivity contribution in [1.82, 2.24) is 14.7 Å². The fourth-order valence-electron chi connectivity index (χ4n) is 2.52. The smallest absolute Gasteiger partial charge is 0.308 e. The molecule has 1 aromatic heterocycles. The lowest BCUT2D eigenvalue weighted by Gasteiger charge is -2.15. The van der Waals surface area contributed by atoms with Gasteiger partial charge in [0.1, 0.15) is 0 Å².